The number of hydrogen-bond donors (Lipinski definition) is 2. The SMILES string of the molecule is Cc1cccc(/C=C/C(=O)c2ccc(NC(=O)NC(C)C)cc2)c1. The van der Waals surface area contributed by atoms with E-state index in [0.717, 1.165) is 11.1 Å². The first-order chi connectivity index (χ1) is 11.4. The molecule has 0 atom stereocenters. The van der Waals surface area contributed by atoms with E-state index in [4.69, 9.17) is 0 Å². The van der Waals surface area contributed by atoms with Crippen LogP contribution in [0.15, 0.2) is 54.6 Å². The van der Waals surface area contributed by atoms with Gasteiger partial charge in [-0.05, 0) is 56.7 Å². The van der Waals surface area contributed by atoms with Crippen LogP contribution in [0.3, 0.4) is 0 Å². The van der Waals surface area contributed by atoms with Crippen molar-refractivity contribution in [2.75, 3.05) is 5.32 Å². The van der Waals surface area contributed by atoms with E-state index in [9.17, 15) is 9.59 Å². The van der Waals surface area contributed by atoms with E-state index < -0.39 is 0 Å². The van der Waals surface area contributed by atoms with Crippen LogP contribution in [0, 0.1) is 6.92 Å². The third kappa shape index (κ3) is 5.39. The minimum Gasteiger partial charge on any atom is -0.336 e. The fourth-order valence-corrected chi connectivity index (χ4v) is 2.19. The second-order valence-electron chi connectivity index (χ2n) is 5.94. The summed E-state index contributed by atoms with van der Waals surface area (Å²) in [7, 11) is 0. The first kappa shape index (κ1) is 17.5. The molecule has 0 heterocycles. The third-order valence-corrected chi connectivity index (χ3v) is 3.32. The van der Waals surface area contributed by atoms with Gasteiger partial charge in [0.1, 0.15) is 0 Å². The summed E-state index contributed by atoms with van der Waals surface area (Å²) in [5.74, 6) is -0.0744. The molecule has 124 valence electrons. The second kappa shape index (κ2) is 8.11. The van der Waals surface area contributed by atoms with E-state index in [2.05, 4.69) is 10.6 Å². The van der Waals surface area contributed by atoms with E-state index in [1.807, 2.05) is 45.0 Å². The van der Waals surface area contributed by atoms with Crippen molar-refractivity contribution in [3.05, 3.63) is 71.3 Å². The van der Waals surface area contributed by atoms with Gasteiger partial charge in [-0.15, -0.1) is 0 Å². The molecule has 0 spiro atoms. The molecule has 2 amide bonds. The molecule has 4 nitrogen and oxygen atoms in total. The van der Waals surface area contributed by atoms with Gasteiger partial charge in [-0.3, -0.25) is 4.79 Å². The predicted molar refractivity (Wildman–Crippen MR) is 98.3 cm³/mol. The van der Waals surface area contributed by atoms with Gasteiger partial charge in [0.2, 0.25) is 0 Å². The number of carbonyl (C=O) groups is 2. The molecule has 0 aromatic heterocycles. The molecule has 0 bridgehead atoms. The van der Waals surface area contributed by atoms with E-state index in [1.165, 1.54) is 0 Å². The maximum Gasteiger partial charge on any atom is 0.319 e. The van der Waals surface area contributed by atoms with Crippen LogP contribution in [-0.2, 0) is 0 Å². The molecule has 2 aromatic rings. The Balaban J connectivity index is 1.99. The summed E-state index contributed by atoms with van der Waals surface area (Å²) in [5.41, 5.74) is 3.37. The Morgan fingerprint density at radius 1 is 1.04 bits per heavy atom. The molecule has 0 saturated heterocycles. The smallest absolute Gasteiger partial charge is 0.319 e. The summed E-state index contributed by atoms with van der Waals surface area (Å²) < 4.78 is 0. The van der Waals surface area contributed by atoms with Crippen LogP contribution in [0.5, 0.6) is 0 Å². The molecule has 24 heavy (non-hydrogen) atoms. The van der Waals surface area contributed by atoms with Crippen LogP contribution >= 0.6 is 0 Å². The zero-order valence-corrected chi connectivity index (χ0v) is 14.2. The molecule has 0 unspecified atom stereocenters. The lowest BCUT2D eigenvalue weighted by Crippen LogP contribution is -2.34. The van der Waals surface area contributed by atoms with Gasteiger partial charge in [0.15, 0.2) is 5.78 Å². The summed E-state index contributed by atoms with van der Waals surface area (Å²) >= 11 is 0. The number of anilines is 1. The maximum atomic E-state index is 12.2. The summed E-state index contributed by atoms with van der Waals surface area (Å²) in [6.07, 6.45) is 3.36. The van der Waals surface area contributed by atoms with Crippen molar-refractivity contribution < 1.29 is 9.59 Å². The van der Waals surface area contributed by atoms with Crippen LogP contribution in [0.1, 0.15) is 35.3 Å². The van der Waals surface area contributed by atoms with Crippen molar-refractivity contribution in [1.29, 1.82) is 0 Å². The lowest BCUT2D eigenvalue weighted by atomic mass is 10.1. The molecule has 0 aliphatic carbocycles. The first-order valence-corrected chi connectivity index (χ1v) is 7.91. The number of ketones is 1. The number of hydrogen-bond acceptors (Lipinski definition) is 2. The van der Waals surface area contributed by atoms with Gasteiger partial charge in [0.25, 0.3) is 0 Å². The molecule has 0 fully saturated rings. The van der Waals surface area contributed by atoms with Gasteiger partial charge in [-0.25, -0.2) is 4.79 Å². The highest BCUT2D eigenvalue weighted by atomic mass is 16.2. The van der Waals surface area contributed by atoms with Crippen molar-refractivity contribution >= 4 is 23.6 Å². The van der Waals surface area contributed by atoms with E-state index in [1.54, 1.807) is 36.4 Å². The number of urea groups is 1. The Morgan fingerprint density at radius 2 is 1.75 bits per heavy atom. The molecule has 4 heteroatoms. The molecular formula is C20H22N2O2. The monoisotopic (exact) mass is 322 g/mol. The summed E-state index contributed by atoms with van der Waals surface area (Å²) in [4.78, 5) is 23.8. The number of rotatable bonds is 5. The van der Waals surface area contributed by atoms with Gasteiger partial charge in [0, 0.05) is 17.3 Å². The summed E-state index contributed by atoms with van der Waals surface area (Å²) in [6, 6.07) is 14.6. The molecule has 2 aromatic carbocycles. The molecule has 2 rings (SSSR count). The number of nitrogens with one attached hydrogen (secondary N) is 2. The number of amides is 2. The zero-order valence-electron chi connectivity index (χ0n) is 14.2. The van der Waals surface area contributed by atoms with E-state index in [-0.39, 0.29) is 17.9 Å². The Kier molecular flexibility index (Phi) is 5.90. The van der Waals surface area contributed by atoms with E-state index >= 15 is 0 Å². The van der Waals surface area contributed by atoms with Gasteiger partial charge >= 0.3 is 6.03 Å². The van der Waals surface area contributed by atoms with Crippen LogP contribution < -0.4 is 10.6 Å². The number of carbonyl (C=O) groups excluding carboxylic acids is 2. The van der Waals surface area contributed by atoms with Gasteiger partial charge in [0.05, 0.1) is 0 Å². The molecule has 0 saturated carbocycles. The quantitative estimate of drug-likeness (QED) is 0.632. The van der Waals surface area contributed by atoms with Crippen molar-refractivity contribution in [2.24, 2.45) is 0 Å². The fourth-order valence-electron chi connectivity index (χ4n) is 2.19. The molecule has 0 aliphatic heterocycles. The Bertz CT molecular complexity index is 746. The predicted octanol–water partition coefficient (Wildman–Crippen LogP) is 4.42. The van der Waals surface area contributed by atoms with E-state index in [0.29, 0.717) is 11.3 Å². The van der Waals surface area contributed by atoms with Crippen molar-refractivity contribution in [3.8, 4) is 0 Å². The highest BCUT2D eigenvalue weighted by Gasteiger charge is 2.05. The summed E-state index contributed by atoms with van der Waals surface area (Å²) in [5, 5.41) is 5.47. The standard InChI is InChI=1S/C20H22N2O2/c1-14(2)21-20(24)22-18-10-8-17(9-11-18)19(23)12-7-16-6-4-5-15(3)13-16/h4-14H,1-3H3,(H2,21,22,24)/b12-7+. The van der Waals surface area contributed by atoms with Crippen LogP contribution in [0.25, 0.3) is 6.08 Å². The Morgan fingerprint density at radius 3 is 2.38 bits per heavy atom. The largest absolute Gasteiger partial charge is 0.336 e. The van der Waals surface area contributed by atoms with Crippen LogP contribution in [0.2, 0.25) is 0 Å². The van der Waals surface area contributed by atoms with Crippen molar-refractivity contribution in [3.63, 3.8) is 0 Å². The van der Waals surface area contributed by atoms with Gasteiger partial charge < -0.3 is 10.6 Å². The lowest BCUT2D eigenvalue weighted by molar-refractivity contribution is 0.104. The fraction of sp³-hybridized carbons (Fsp3) is 0.200. The van der Waals surface area contributed by atoms with Crippen LogP contribution in [0.4, 0.5) is 10.5 Å². The second-order valence-corrected chi connectivity index (χ2v) is 5.94. The average molecular weight is 322 g/mol. The minimum absolute atomic E-state index is 0.0672. The highest BCUT2D eigenvalue weighted by Crippen LogP contribution is 2.12. The minimum atomic E-state index is -0.261. The number of aryl methyl sites for hydroxylation is 1. The lowest BCUT2D eigenvalue weighted by Gasteiger charge is -2.10. The van der Waals surface area contributed by atoms with Gasteiger partial charge in [-0.2, -0.15) is 0 Å². The average Bonchev–Trinajstić information content (AvgIpc) is 2.52. The Labute approximate surface area is 142 Å². The maximum absolute atomic E-state index is 12.2. The topological polar surface area (TPSA) is 58.2 Å². The van der Waals surface area contributed by atoms with Crippen molar-refractivity contribution in [2.45, 2.75) is 26.8 Å². The Hall–Kier alpha value is -2.88. The normalized spacial score (nSPS) is 10.8. The first-order valence-electron chi connectivity index (χ1n) is 7.91. The third-order valence-electron chi connectivity index (χ3n) is 3.32. The molecular weight excluding hydrogens is 300 g/mol. The van der Waals surface area contributed by atoms with Gasteiger partial charge in [-0.1, -0.05) is 35.9 Å². The summed E-state index contributed by atoms with van der Waals surface area (Å²) in [6.45, 7) is 5.80. The number of allylic oxidation sites excluding steroid dienone is 1. The molecule has 2 N–H and O–H groups in total. The number of benzene rings is 2. The van der Waals surface area contributed by atoms with Crippen LogP contribution in [-0.4, -0.2) is 17.9 Å². The highest BCUT2D eigenvalue weighted by molar-refractivity contribution is 6.07. The molecule has 0 aliphatic rings. The molecule has 0 radical (unpaired) electrons. The zero-order chi connectivity index (χ0) is 17.5. The van der Waals surface area contributed by atoms with Crippen molar-refractivity contribution in [1.82, 2.24) is 5.32 Å².